The molecule has 0 saturated carbocycles. The Morgan fingerprint density at radius 1 is 0.950 bits per heavy atom. The van der Waals surface area contributed by atoms with Gasteiger partial charge in [-0.15, -0.1) is 6.58 Å². The van der Waals surface area contributed by atoms with E-state index in [1.807, 2.05) is 12.1 Å². The highest BCUT2D eigenvalue weighted by atomic mass is 28.2. The van der Waals surface area contributed by atoms with Gasteiger partial charge in [-0.25, -0.2) is 0 Å². The van der Waals surface area contributed by atoms with Crippen LogP contribution in [0.3, 0.4) is 0 Å². The molecule has 0 aliphatic carbocycles. The second-order valence-corrected chi connectivity index (χ2v) is 5.53. The third-order valence-corrected chi connectivity index (χ3v) is 4.62. The molecule has 0 bridgehead atoms. The zero-order chi connectivity index (χ0) is 14.3. The summed E-state index contributed by atoms with van der Waals surface area (Å²) >= 11 is 0. The van der Waals surface area contributed by atoms with Crippen molar-refractivity contribution in [1.82, 2.24) is 0 Å². The zero-order valence-electron chi connectivity index (χ0n) is 12.1. The maximum Gasteiger partial charge on any atom is 0.147 e. The number of benzene rings is 2. The minimum atomic E-state index is -0.233. The minimum absolute atomic E-state index is 0.233. The molecule has 0 heterocycles. The van der Waals surface area contributed by atoms with E-state index in [4.69, 9.17) is 4.43 Å². The Balaban J connectivity index is 2.07. The second-order valence-electron chi connectivity index (χ2n) is 5.12. The molecule has 0 radical (unpaired) electrons. The van der Waals surface area contributed by atoms with Gasteiger partial charge in [0, 0.05) is 6.42 Å². The molecule has 0 aliphatic heterocycles. The number of rotatable bonds is 7. The molecule has 1 unspecified atom stereocenters. The molecule has 0 N–H and O–H groups in total. The largest absolute Gasteiger partial charge is 0.419 e. The van der Waals surface area contributed by atoms with Crippen molar-refractivity contribution >= 4 is 10.5 Å². The Bertz CT molecular complexity index is 524. The Morgan fingerprint density at radius 3 is 2.00 bits per heavy atom. The van der Waals surface area contributed by atoms with Crippen molar-refractivity contribution in [3.05, 3.63) is 84.4 Å². The van der Waals surface area contributed by atoms with E-state index >= 15 is 0 Å². The minimum Gasteiger partial charge on any atom is -0.419 e. The molecule has 1 atom stereocenters. The van der Waals surface area contributed by atoms with Crippen LogP contribution in [-0.4, -0.2) is 16.1 Å². The number of hydrogen-bond donors (Lipinski definition) is 0. The number of aryl methyl sites for hydroxylation is 1. The predicted molar refractivity (Wildman–Crippen MR) is 88.9 cm³/mol. The van der Waals surface area contributed by atoms with E-state index < -0.39 is 0 Å². The van der Waals surface area contributed by atoms with Gasteiger partial charge in [-0.3, -0.25) is 0 Å². The molecular formula is C18H22OSi. The van der Waals surface area contributed by atoms with E-state index in [1.165, 1.54) is 11.1 Å². The molecule has 104 valence electrons. The SMILES string of the molecule is C=CC(CCc1ccccc1)(Cc1ccccc1)O[SiH3]. The highest BCUT2D eigenvalue weighted by Crippen LogP contribution is 2.24. The van der Waals surface area contributed by atoms with E-state index in [0.29, 0.717) is 0 Å². The highest BCUT2D eigenvalue weighted by Gasteiger charge is 2.25. The third-order valence-electron chi connectivity index (χ3n) is 3.80. The first-order chi connectivity index (χ1) is 9.78. The van der Waals surface area contributed by atoms with Crippen LogP contribution in [0.4, 0.5) is 0 Å². The summed E-state index contributed by atoms with van der Waals surface area (Å²) in [5.41, 5.74) is 2.42. The van der Waals surface area contributed by atoms with Crippen LogP contribution in [0, 0.1) is 0 Å². The average Bonchev–Trinajstić information content (AvgIpc) is 2.53. The van der Waals surface area contributed by atoms with Crippen LogP contribution in [0.15, 0.2) is 73.3 Å². The first kappa shape index (κ1) is 14.8. The summed E-state index contributed by atoms with van der Waals surface area (Å²) in [5, 5.41) is 0. The molecule has 2 rings (SSSR count). The van der Waals surface area contributed by atoms with E-state index in [9.17, 15) is 0 Å². The molecular weight excluding hydrogens is 260 g/mol. The lowest BCUT2D eigenvalue weighted by molar-refractivity contribution is 0.124. The molecule has 1 nitrogen and oxygen atoms in total. The Labute approximate surface area is 124 Å². The fourth-order valence-electron chi connectivity index (χ4n) is 2.46. The summed E-state index contributed by atoms with van der Waals surface area (Å²) in [6.07, 6.45) is 4.87. The van der Waals surface area contributed by atoms with Crippen LogP contribution in [0.1, 0.15) is 17.5 Å². The molecule has 2 aromatic carbocycles. The van der Waals surface area contributed by atoms with Gasteiger partial charge < -0.3 is 4.43 Å². The number of hydrogen-bond acceptors (Lipinski definition) is 1. The Hall–Kier alpha value is -1.64. The van der Waals surface area contributed by atoms with Crippen molar-refractivity contribution in [2.24, 2.45) is 0 Å². The molecule has 0 saturated heterocycles. The highest BCUT2D eigenvalue weighted by molar-refractivity contribution is 5.98. The zero-order valence-corrected chi connectivity index (χ0v) is 14.1. The van der Waals surface area contributed by atoms with Crippen molar-refractivity contribution < 1.29 is 4.43 Å². The van der Waals surface area contributed by atoms with E-state index in [0.717, 1.165) is 29.7 Å². The fraction of sp³-hybridized carbons (Fsp3) is 0.222. The van der Waals surface area contributed by atoms with Crippen molar-refractivity contribution in [3.63, 3.8) is 0 Å². The lowest BCUT2D eigenvalue weighted by Crippen LogP contribution is -2.32. The smallest absolute Gasteiger partial charge is 0.147 e. The molecule has 20 heavy (non-hydrogen) atoms. The second kappa shape index (κ2) is 7.22. The fourth-order valence-corrected chi connectivity index (χ4v) is 2.98. The standard InChI is InChI=1S/C18H22OSi/c1-2-18(19-20,15-17-11-7-4-8-12-17)14-13-16-9-5-3-6-10-16/h2-12H,1,13-15H2,20H3. The third kappa shape index (κ3) is 3.92. The van der Waals surface area contributed by atoms with Crippen LogP contribution in [0.5, 0.6) is 0 Å². The molecule has 0 aromatic heterocycles. The van der Waals surface area contributed by atoms with E-state index in [1.54, 1.807) is 0 Å². The average molecular weight is 282 g/mol. The van der Waals surface area contributed by atoms with Gasteiger partial charge in [0.05, 0.1) is 5.60 Å². The quantitative estimate of drug-likeness (QED) is 0.560. The first-order valence-corrected chi connectivity index (χ1v) is 7.86. The molecule has 0 spiro atoms. The monoisotopic (exact) mass is 282 g/mol. The lowest BCUT2D eigenvalue weighted by Gasteiger charge is -2.30. The summed E-state index contributed by atoms with van der Waals surface area (Å²) in [6, 6.07) is 21.1. The summed E-state index contributed by atoms with van der Waals surface area (Å²) in [4.78, 5) is 0. The maximum atomic E-state index is 5.93. The van der Waals surface area contributed by atoms with Crippen molar-refractivity contribution in [3.8, 4) is 0 Å². The van der Waals surface area contributed by atoms with Crippen LogP contribution >= 0.6 is 0 Å². The van der Waals surface area contributed by atoms with Gasteiger partial charge in [0.25, 0.3) is 0 Å². The normalized spacial score (nSPS) is 13.8. The van der Waals surface area contributed by atoms with Crippen LogP contribution in [-0.2, 0) is 17.3 Å². The molecule has 0 amide bonds. The van der Waals surface area contributed by atoms with Gasteiger partial charge in [-0.2, -0.15) is 0 Å². The van der Waals surface area contributed by atoms with E-state index in [2.05, 4.69) is 61.2 Å². The Morgan fingerprint density at radius 2 is 1.50 bits per heavy atom. The topological polar surface area (TPSA) is 9.23 Å². The summed E-state index contributed by atoms with van der Waals surface area (Å²) < 4.78 is 5.93. The van der Waals surface area contributed by atoms with Gasteiger partial charge in [0.15, 0.2) is 0 Å². The van der Waals surface area contributed by atoms with Gasteiger partial charge in [-0.05, 0) is 24.0 Å². The molecule has 0 aliphatic rings. The molecule has 0 fully saturated rings. The van der Waals surface area contributed by atoms with E-state index in [-0.39, 0.29) is 5.60 Å². The van der Waals surface area contributed by atoms with Gasteiger partial charge >= 0.3 is 0 Å². The maximum absolute atomic E-state index is 5.93. The molecule has 2 heteroatoms. The lowest BCUT2D eigenvalue weighted by atomic mass is 9.88. The summed E-state index contributed by atoms with van der Waals surface area (Å²) in [7, 11) is 0.722. The van der Waals surface area contributed by atoms with Crippen LogP contribution in [0.25, 0.3) is 0 Å². The molecule has 2 aromatic rings. The van der Waals surface area contributed by atoms with Gasteiger partial charge in [-0.1, -0.05) is 66.7 Å². The first-order valence-electron chi connectivity index (χ1n) is 7.04. The van der Waals surface area contributed by atoms with Crippen molar-refractivity contribution in [2.75, 3.05) is 0 Å². The summed E-state index contributed by atoms with van der Waals surface area (Å²) in [6.45, 7) is 4.01. The van der Waals surface area contributed by atoms with Crippen molar-refractivity contribution in [1.29, 1.82) is 0 Å². The van der Waals surface area contributed by atoms with Crippen molar-refractivity contribution in [2.45, 2.75) is 24.9 Å². The van der Waals surface area contributed by atoms with Gasteiger partial charge in [0.1, 0.15) is 10.5 Å². The predicted octanol–water partition coefficient (Wildman–Crippen LogP) is 3.08. The van der Waals surface area contributed by atoms with Crippen LogP contribution < -0.4 is 0 Å². The van der Waals surface area contributed by atoms with Crippen LogP contribution in [0.2, 0.25) is 0 Å². The van der Waals surface area contributed by atoms with Gasteiger partial charge in [0.2, 0.25) is 0 Å². The summed E-state index contributed by atoms with van der Waals surface area (Å²) in [5.74, 6) is 0. The Kier molecular flexibility index (Phi) is 5.33.